The van der Waals surface area contributed by atoms with Gasteiger partial charge in [-0.3, -0.25) is 86.3 Å². The van der Waals surface area contributed by atoms with Crippen molar-refractivity contribution >= 4 is 161 Å². The molecule has 0 fully saturated rings. The molecule has 41 nitrogen and oxygen atoms in total. The van der Waals surface area contributed by atoms with Gasteiger partial charge in [-0.2, -0.15) is 48.8 Å². The number of aliphatic hydroxyl groups excluding tert-OH is 2. The van der Waals surface area contributed by atoms with Crippen LogP contribution in [0.5, 0.6) is 0 Å². The highest BCUT2D eigenvalue weighted by Crippen LogP contribution is 2.17. The second kappa shape index (κ2) is 62.5. The summed E-state index contributed by atoms with van der Waals surface area (Å²) in [5.41, 5.74) is 5.75. The Labute approximate surface area is 772 Å². The lowest BCUT2D eigenvalue weighted by Crippen LogP contribution is -2.62. The van der Waals surface area contributed by atoms with Gasteiger partial charge in [0.05, 0.1) is 37.9 Å². The first-order valence-corrected chi connectivity index (χ1v) is 47.6. The molecule has 0 aromatic rings. The van der Waals surface area contributed by atoms with Gasteiger partial charge in [0.2, 0.25) is 106 Å². The number of nitrogens with one attached hydrogen (secondary N) is 18. The van der Waals surface area contributed by atoms with E-state index in [2.05, 4.69) is 121 Å². The minimum atomic E-state index is -1.70. The standard InChI is InChI=1S/C83H149N19O22S4/c1-40(2)29-54(95-70(110)51(84)38-125)71(111)88-35-62(106)86-36-63(107)90-55(30-41(3)4)75(115)96-58(33-44(9)10)77(117)101-67(49(18)103)81(121)93-52(24-27-127-20)72(112)99-65(46(13)14)80(120)85-26-22-23-61(105)92-60(39-126)79(119)98-57(32-43(7)8)74(114)89-48(17)69(109)87-37-64(108)91-56(31-42(5)6)76(116)97-59(34-45(11)12)78(118)102-68(50(19)104)82(122)94-53(25-28-128-21)73(113)100-66(47(15)16)83(123)124/h40-60,65-68,103-104,125-126H,22-39,84H2,1-21H3,(H,85,120)(H,86,106)(H,87,109)(H,88,111)(H,89,114)(H,90,107)(H,91,108)(H,92,105)(H,93,121)(H,94,122)(H,95,110)(H,96,115)(H,97,116)(H,98,119)(H,99,112)(H,100,113)(H,101,117)(H,102,118)(H,123,124)/t48-,49+,50+,51-,52-,53-,54-,55-,56-,57-,58-,59-,60-,65-,66-,67-,68-/m0/s1. The molecule has 128 heavy (non-hydrogen) atoms. The second-order valence-corrected chi connectivity index (χ2v) is 37.8. The summed E-state index contributed by atoms with van der Waals surface area (Å²) in [5.74, 6) is -17.4. The van der Waals surface area contributed by atoms with Gasteiger partial charge in [-0.1, -0.05) is 111 Å². The molecular formula is C83H149N19O22S4. The molecule has 23 N–H and O–H groups in total. The minimum Gasteiger partial charge on any atom is -0.480 e. The fourth-order valence-electron chi connectivity index (χ4n) is 12.6. The van der Waals surface area contributed by atoms with Gasteiger partial charge in [0.1, 0.15) is 84.6 Å². The number of thioether (sulfide) groups is 2. The predicted molar refractivity (Wildman–Crippen MR) is 493 cm³/mol. The number of amides is 18. The Morgan fingerprint density at radius 3 is 0.945 bits per heavy atom. The predicted octanol–water partition coefficient (Wildman–Crippen LogP) is -2.83. The van der Waals surface area contributed by atoms with Crippen LogP contribution in [-0.4, -0.2) is 292 Å². The number of carboxylic acids is 1. The molecular weight excluding hydrogens is 1740 g/mol. The number of aliphatic carboxylic acids is 1. The number of carbonyl (C=O) groups is 19. The fourth-order valence-corrected chi connectivity index (χ4v) is 13.9. The Hall–Kier alpha value is -8.79. The van der Waals surface area contributed by atoms with Gasteiger partial charge in [0, 0.05) is 24.5 Å². The zero-order chi connectivity index (χ0) is 98.3. The maximum atomic E-state index is 14.2. The molecule has 0 bridgehead atoms. The minimum absolute atomic E-state index is 0.0101. The van der Waals surface area contributed by atoms with E-state index in [1.807, 2.05) is 13.8 Å². The van der Waals surface area contributed by atoms with E-state index in [9.17, 15) is 106 Å². The Kier molecular flexibility index (Phi) is 58.2. The molecule has 17 atom stereocenters. The molecule has 0 aromatic heterocycles. The molecule has 0 heterocycles. The van der Waals surface area contributed by atoms with Gasteiger partial charge in [-0.25, -0.2) is 4.79 Å². The van der Waals surface area contributed by atoms with Gasteiger partial charge in [0.25, 0.3) is 0 Å². The zero-order valence-corrected chi connectivity index (χ0v) is 81.5. The van der Waals surface area contributed by atoms with Crippen LogP contribution in [-0.2, 0) is 91.1 Å². The van der Waals surface area contributed by atoms with Crippen LogP contribution in [0.2, 0.25) is 0 Å². The quantitative estimate of drug-likeness (QED) is 0.0216. The van der Waals surface area contributed by atoms with Crippen molar-refractivity contribution in [3.63, 3.8) is 0 Å². The van der Waals surface area contributed by atoms with Crippen LogP contribution in [0.3, 0.4) is 0 Å². The largest absolute Gasteiger partial charge is 0.480 e. The molecule has 0 aliphatic heterocycles. The van der Waals surface area contributed by atoms with Crippen LogP contribution in [0.1, 0.15) is 196 Å². The number of rotatable bonds is 63. The van der Waals surface area contributed by atoms with Crippen molar-refractivity contribution < 1.29 is 106 Å². The maximum absolute atomic E-state index is 14.2. The summed E-state index contributed by atoms with van der Waals surface area (Å²) in [7, 11) is 0. The number of hydrogen-bond acceptors (Lipinski definition) is 26. The third kappa shape index (κ3) is 48.2. The molecule has 0 aliphatic rings. The van der Waals surface area contributed by atoms with Crippen molar-refractivity contribution in [2.24, 2.45) is 53.1 Å². The van der Waals surface area contributed by atoms with Crippen LogP contribution in [0.4, 0.5) is 0 Å². The number of carbonyl (C=O) groups excluding carboxylic acids is 18. The van der Waals surface area contributed by atoms with Crippen molar-refractivity contribution in [3.05, 3.63) is 0 Å². The maximum Gasteiger partial charge on any atom is 0.326 e. The molecule has 0 unspecified atom stereocenters. The number of aliphatic hydroxyl groups is 2. The van der Waals surface area contributed by atoms with Crippen LogP contribution in [0.25, 0.3) is 0 Å². The van der Waals surface area contributed by atoms with E-state index in [0.717, 1.165) is 0 Å². The highest BCUT2D eigenvalue weighted by atomic mass is 32.2. The molecule has 0 radical (unpaired) electrons. The highest BCUT2D eigenvalue weighted by molar-refractivity contribution is 7.98. The summed E-state index contributed by atoms with van der Waals surface area (Å²) in [6.45, 7) is 29.6. The van der Waals surface area contributed by atoms with Gasteiger partial charge in [0.15, 0.2) is 0 Å². The topological polar surface area (TPSA) is 628 Å². The van der Waals surface area contributed by atoms with E-state index in [1.54, 1.807) is 109 Å². The molecule has 0 aromatic carbocycles. The summed E-state index contributed by atoms with van der Waals surface area (Å²) in [6, 6.07) is -19.5. The summed E-state index contributed by atoms with van der Waals surface area (Å²) in [6.07, 6.45) is 0.690. The lowest BCUT2D eigenvalue weighted by molar-refractivity contribution is -0.143. The molecule has 0 aliphatic carbocycles. The number of hydrogen-bond donors (Lipinski definition) is 24. The van der Waals surface area contributed by atoms with E-state index in [4.69, 9.17) is 5.73 Å². The highest BCUT2D eigenvalue weighted by Gasteiger charge is 2.40. The Balaban J connectivity index is 6.08. The van der Waals surface area contributed by atoms with Gasteiger partial charge in [-0.15, -0.1) is 0 Å². The third-order valence-electron chi connectivity index (χ3n) is 19.5. The first kappa shape index (κ1) is 119. The van der Waals surface area contributed by atoms with Crippen LogP contribution >= 0.6 is 48.8 Å². The van der Waals surface area contributed by atoms with Gasteiger partial charge >= 0.3 is 5.97 Å². The molecule has 0 spiro atoms. The Morgan fingerprint density at radius 2 is 0.594 bits per heavy atom. The van der Waals surface area contributed by atoms with Crippen LogP contribution < -0.4 is 101 Å². The van der Waals surface area contributed by atoms with Crippen molar-refractivity contribution in [2.45, 2.75) is 299 Å². The van der Waals surface area contributed by atoms with Crippen LogP contribution in [0.15, 0.2) is 0 Å². The summed E-state index contributed by atoms with van der Waals surface area (Å²) < 4.78 is 0. The van der Waals surface area contributed by atoms with E-state index < -0.39 is 247 Å². The van der Waals surface area contributed by atoms with Gasteiger partial charge in [-0.05, 0) is 150 Å². The normalized spacial score (nSPS) is 15.5. The first-order valence-electron chi connectivity index (χ1n) is 43.5. The molecule has 0 saturated heterocycles. The van der Waals surface area contributed by atoms with E-state index in [1.165, 1.54) is 44.3 Å². The van der Waals surface area contributed by atoms with Crippen molar-refractivity contribution in [2.75, 3.05) is 61.7 Å². The SMILES string of the molecule is CSCC[C@H](NC(=O)[C@@H](NC(=O)[C@H](CC(C)C)NC(=O)[C@H](CC(C)C)NC(=O)CNC(=O)[C@H](C)NC(=O)[C@H](CC(C)C)NC(=O)[C@H](CS)NC(=O)CCCNC(=O)[C@@H](NC(=O)[C@H](CCSC)NC(=O)[C@@H](NC(=O)[C@H](CC(C)C)NC(=O)[C@H](CC(C)C)NC(=O)CNC(=O)CNC(=O)[C@H](CC(C)C)NC(=O)[C@@H](N)CS)[C@@H](C)O)C(C)C)[C@@H](C)O)C(=O)N[C@H](C(=O)O)C(C)C. The molecule has 18 amide bonds. The Morgan fingerprint density at radius 1 is 0.297 bits per heavy atom. The van der Waals surface area contributed by atoms with E-state index in [-0.39, 0.29) is 118 Å². The van der Waals surface area contributed by atoms with Crippen molar-refractivity contribution in [3.8, 4) is 0 Å². The average Bonchev–Trinajstić information content (AvgIpc) is 0.847. The first-order chi connectivity index (χ1) is 59.6. The smallest absolute Gasteiger partial charge is 0.326 e. The number of nitrogens with two attached hydrogens (primary N) is 1. The number of thiol groups is 2. The second-order valence-electron chi connectivity index (χ2n) is 35.1. The fraction of sp³-hybridized carbons (Fsp3) is 0.771. The molecule has 0 saturated carbocycles. The van der Waals surface area contributed by atoms with Gasteiger partial charge < -0.3 is 117 Å². The van der Waals surface area contributed by atoms with Crippen molar-refractivity contribution in [1.29, 1.82) is 0 Å². The molecule has 0 rings (SSSR count). The average molecular weight is 1890 g/mol. The molecule has 732 valence electrons. The lowest BCUT2D eigenvalue weighted by Gasteiger charge is -2.29. The van der Waals surface area contributed by atoms with Crippen molar-refractivity contribution in [1.82, 2.24) is 95.7 Å². The zero-order valence-electron chi connectivity index (χ0n) is 78.0. The van der Waals surface area contributed by atoms with E-state index in [0.29, 0.717) is 11.5 Å². The number of carboxylic acid groups (broad SMARTS) is 1. The monoisotopic (exact) mass is 1890 g/mol. The van der Waals surface area contributed by atoms with Crippen LogP contribution in [0, 0.1) is 47.3 Å². The third-order valence-corrected chi connectivity index (χ3v) is 21.5. The molecule has 45 heteroatoms. The lowest BCUT2D eigenvalue weighted by atomic mass is 9.99. The Bertz CT molecular complexity index is 3640. The summed E-state index contributed by atoms with van der Waals surface area (Å²) in [5, 5.41) is 77.3. The summed E-state index contributed by atoms with van der Waals surface area (Å²) in [4.78, 5) is 257. The summed E-state index contributed by atoms with van der Waals surface area (Å²) >= 11 is 11.0. The van der Waals surface area contributed by atoms with E-state index >= 15 is 0 Å².